The molecular formula is C20H24N4O5. The zero-order valence-corrected chi connectivity index (χ0v) is 16.5. The van der Waals surface area contributed by atoms with Crippen LogP contribution in [0.25, 0.3) is 0 Å². The summed E-state index contributed by atoms with van der Waals surface area (Å²) in [5.41, 5.74) is 5.60. The van der Waals surface area contributed by atoms with Gasteiger partial charge >= 0.3 is 17.8 Å². The maximum Gasteiger partial charge on any atom is 0.334 e. The number of amides is 5. The standard InChI is InChI=1S/C20H24N4O5/c1-11(2)10-23-17(26)18(27)24(19(23)28)12-6-20(7-12)8-13(9-20)29-16-14(15(21)25)4-3-5-22-16/h3-5,11-13H,6-10H2,1-2H3,(H2,21,25). The van der Waals surface area contributed by atoms with E-state index in [0.717, 1.165) is 22.6 Å². The first-order chi connectivity index (χ1) is 13.7. The SMILES string of the molecule is CC(C)CN1C(=O)C(=O)N(C2CC3(CC(Oc4ncccc4C(N)=O)C3)C2)C1=O. The molecule has 1 aromatic rings. The maximum atomic E-state index is 12.6. The van der Waals surface area contributed by atoms with Crippen LogP contribution in [-0.2, 0) is 9.59 Å². The molecule has 2 saturated carbocycles. The number of nitrogens with zero attached hydrogens (tertiary/aromatic N) is 3. The predicted molar refractivity (Wildman–Crippen MR) is 101 cm³/mol. The van der Waals surface area contributed by atoms with E-state index in [4.69, 9.17) is 10.5 Å². The van der Waals surface area contributed by atoms with Crippen molar-refractivity contribution >= 4 is 23.8 Å². The van der Waals surface area contributed by atoms with Gasteiger partial charge in [-0.15, -0.1) is 0 Å². The van der Waals surface area contributed by atoms with Gasteiger partial charge in [0.15, 0.2) is 0 Å². The molecule has 9 nitrogen and oxygen atoms in total. The highest BCUT2D eigenvalue weighted by atomic mass is 16.5. The number of rotatable bonds is 6. The van der Waals surface area contributed by atoms with Gasteiger partial charge in [0, 0.05) is 18.8 Å². The van der Waals surface area contributed by atoms with Crippen LogP contribution in [0.15, 0.2) is 18.3 Å². The zero-order chi connectivity index (χ0) is 20.9. The molecule has 3 fully saturated rings. The van der Waals surface area contributed by atoms with Crippen molar-refractivity contribution in [2.45, 2.75) is 51.7 Å². The van der Waals surface area contributed by atoms with Crippen molar-refractivity contribution in [3.63, 3.8) is 0 Å². The van der Waals surface area contributed by atoms with Crippen molar-refractivity contribution in [3.05, 3.63) is 23.9 Å². The first-order valence-electron chi connectivity index (χ1n) is 9.81. The minimum Gasteiger partial charge on any atom is -0.474 e. The van der Waals surface area contributed by atoms with Crippen molar-refractivity contribution in [1.82, 2.24) is 14.8 Å². The summed E-state index contributed by atoms with van der Waals surface area (Å²) in [6.45, 7) is 4.04. The molecule has 1 aromatic heterocycles. The highest BCUT2D eigenvalue weighted by Crippen LogP contribution is 2.58. The lowest BCUT2D eigenvalue weighted by Gasteiger charge is -2.58. The van der Waals surface area contributed by atoms with E-state index < -0.39 is 23.8 Å². The molecule has 0 bridgehead atoms. The summed E-state index contributed by atoms with van der Waals surface area (Å²) in [5, 5.41) is 0. The molecule has 0 atom stereocenters. The van der Waals surface area contributed by atoms with Gasteiger partial charge in [-0.1, -0.05) is 13.8 Å². The van der Waals surface area contributed by atoms with E-state index in [-0.39, 0.29) is 41.5 Å². The topological polar surface area (TPSA) is 123 Å². The lowest BCUT2D eigenvalue weighted by atomic mass is 9.52. The van der Waals surface area contributed by atoms with Gasteiger partial charge in [-0.05, 0) is 49.1 Å². The van der Waals surface area contributed by atoms with Crippen LogP contribution in [0.3, 0.4) is 0 Å². The van der Waals surface area contributed by atoms with Crippen LogP contribution in [0.4, 0.5) is 4.79 Å². The largest absolute Gasteiger partial charge is 0.474 e. The summed E-state index contributed by atoms with van der Waals surface area (Å²) in [7, 11) is 0. The average molecular weight is 400 g/mol. The van der Waals surface area contributed by atoms with Gasteiger partial charge in [-0.3, -0.25) is 24.2 Å². The summed E-state index contributed by atoms with van der Waals surface area (Å²) in [4.78, 5) is 54.7. The molecule has 9 heteroatoms. The molecule has 2 N–H and O–H groups in total. The molecule has 1 spiro atoms. The Morgan fingerprint density at radius 1 is 1.24 bits per heavy atom. The smallest absolute Gasteiger partial charge is 0.334 e. The molecule has 2 heterocycles. The Balaban J connectivity index is 1.34. The van der Waals surface area contributed by atoms with Crippen LogP contribution in [0.1, 0.15) is 49.9 Å². The number of pyridine rings is 1. The van der Waals surface area contributed by atoms with E-state index in [0.29, 0.717) is 12.8 Å². The van der Waals surface area contributed by atoms with Gasteiger partial charge in [-0.2, -0.15) is 0 Å². The molecule has 154 valence electrons. The normalized spacial score (nSPS) is 28.7. The van der Waals surface area contributed by atoms with Crippen LogP contribution >= 0.6 is 0 Å². The fourth-order valence-electron chi connectivity index (χ4n) is 4.65. The van der Waals surface area contributed by atoms with Gasteiger partial charge in [0.25, 0.3) is 5.91 Å². The molecule has 3 aliphatic rings. The molecule has 0 unspecified atom stereocenters. The number of aromatic nitrogens is 1. The van der Waals surface area contributed by atoms with Gasteiger partial charge < -0.3 is 10.5 Å². The zero-order valence-electron chi connectivity index (χ0n) is 16.5. The quantitative estimate of drug-likeness (QED) is 0.567. The minimum absolute atomic E-state index is 0.00603. The Bertz CT molecular complexity index is 885. The van der Waals surface area contributed by atoms with E-state index in [2.05, 4.69) is 4.98 Å². The molecule has 2 aliphatic carbocycles. The van der Waals surface area contributed by atoms with Crippen LogP contribution in [-0.4, -0.2) is 57.2 Å². The van der Waals surface area contributed by atoms with Crippen molar-refractivity contribution < 1.29 is 23.9 Å². The number of hydrogen-bond donors (Lipinski definition) is 1. The second-order valence-electron chi connectivity index (χ2n) is 8.70. The number of nitrogens with two attached hydrogens (primary N) is 1. The Labute approximate surface area is 168 Å². The Hall–Kier alpha value is -2.97. The molecule has 1 saturated heterocycles. The first-order valence-corrected chi connectivity index (χ1v) is 9.81. The van der Waals surface area contributed by atoms with Gasteiger partial charge in [0.1, 0.15) is 11.7 Å². The summed E-state index contributed by atoms with van der Waals surface area (Å²) < 4.78 is 5.83. The number of imide groups is 2. The number of primary amides is 1. The number of carbonyl (C=O) groups excluding carboxylic acids is 4. The number of carbonyl (C=O) groups is 4. The van der Waals surface area contributed by atoms with Crippen LogP contribution in [0, 0.1) is 11.3 Å². The Morgan fingerprint density at radius 3 is 2.55 bits per heavy atom. The second-order valence-corrected chi connectivity index (χ2v) is 8.70. The van der Waals surface area contributed by atoms with Crippen LogP contribution in [0.5, 0.6) is 5.88 Å². The summed E-state index contributed by atoms with van der Waals surface area (Å²) >= 11 is 0. The molecule has 29 heavy (non-hydrogen) atoms. The third-order valence-corrected chi connectivity index (χ3v) is 5.97. The molecule has 1 aliphatic heterocycles. The van der Waals surface area contributed by atoms with Gasteiger partial charge in [0.2, 0.25) is 5.88 Å². The number of ether oxygens (including phenoxy) is 1. The van der Waals surface area contributed by atoms with E-state index in [1.54, 1.807) is 18.3 Å². The lowest BCUT2D eigenvalue weighted by molar-refractivity contribution is -0.149. The van der Waals surface area contributed by atoms with E-state index in [1.165, 1.54) is 0 Å². The third kappa shape index (κ3) is 3.24. The average Bonchev–Trinajstić information content (AvgIpc) is 2.80. The highest BCUT2D eigenvalue weighted by Gasteiger charge is 2.60. The lowest BCUT2D eigenvalue weighted by Crippen LogP contribution is -2.60. The van der Waals surface area contributed by atoms with E-state index in [1.807, 2.05) is 13.8 Å². The van der Waals surface area contributed by atoms with Gasteiger partial charge in [-0.25, -0.2) is 9.78 Å². The molecule has 4 rings (SSSR count). The Morgan fingerprint density at radius 2 is 1.93 bits per heavy atom. The van der Waals surface area contributed by atoms with Crippen molar-refractivity contribution in [1.29, 1.82) is 0 Å². The van der Waals surface area contributed by atoms with Crippen molar-refractivity contribution in [3.8, 4) is 5.88 Å². The Kier molecular flexibility index (Phi) is 4.55. The molecule has 0 radical (unpaired) electrons. The van der Waals surface area contributed by atoms with Crippen LogP contribution < -0.4 is 10.5 Å². The highest BCUT2D eigenvalue weighted by molar-refractivity contribution is 6.44. The molecule has 0 aromatic carbocycles. The number of hydrogen-bond acceptors (Lipinski definition) is 6. The first kappa shape index (κ1) is 19.4. The fraction of sp³-hybridized carbons (Fsp3) is 0.550. The molecule has 5 amide bonds. The molecular weight excluding hydrogens is 376 g/mol. The summed E-state index contributed by atoms with van der Waals surface area (Å²) in [6.07, 6.45) is 4.28. The van der Waals surface area contributed by atoms with Gasteiger partial charge in [0.05, 0.1) is 0 Å². The summed E-state index contributed by atoms with van der Waals surface area (Å²) in [6, 6.07) is 2.45. The predicted octanol–water partition coefficient (Wildman–Crippen LogP) is 1.32. The fourth-order valence-corrected chi connectivity index (χ4v) is 4.65. The van der Waals surface area contributed by atoms with Crippen molar-refractivity contribution in [2.24, 2.45) is 17.1 Å². The summed E-state index contributed by atoms with van der Waals surface area (Å²) in [5.74, 6) is -1.70. The second kappa shape index (κ2) is 6.82. The third-order valence-electron chi connectivity index (χ3n) is 5.97. The monoisotopic (exact) mass is 400 g/mol. The van der Waals surface area contributed by atoms with E-state index in [9.17, 15) is 19.2 Å². The minimum atomic E-state index is -0.728. The number of urea groups is 1. The van der Waals surface area contributed by atoms with E-state index >= 15 is 0 Å². The van der Waals surface area contributed by atoms with Crippen molar-refractivity contribution in [2.75, 3.05) is 6.54 Å². The van der Waals surface area contributed by atoms with Crippen LogP contribution in [0.2, 0.25) is 0 Å². The maximum absolute atomic E-state index is 12.6.